The number of carbonyl (C=O) groups is 3. The number of amides is 2. The molecule has 0 bridgehead atoms. The maximum Gasteiger partial charge on any atom is 0.326 e. The molecule has 3 atom stereocenters. The zero-order valence-electron chi connectivity index (χ0n) is 17.3. The second-order valence-corrected chi connectivity index (χ2v) is 8.43. The third-order valence-corrected chi connectivity index (χ3v) is 5.60. The third-order valence-electron chi connectivity index (χ3n) is 4.56. The number of benzene rings is 1. The second kappa shape index (κ2) is 14.3. The Morgan fingerprint density at radius 3 is 2.35 bits per heavy atom. The summed E-state index contributed by atoms with van der Waals surface area (Å²) < 4.78 is 27.1. The summed E-state index contributed by atoms with van der Waals surface area (Å²) in [4.78, 5) is 36.0. The lowest BCUT2D eigenvalue weighted by Gasteiger charge is -2.21. The molecule has 1 aromatic rings. The van der Waals surface area contributed by atoms with Crippen molar-refractivity contribution >= 4 is 42.2 Å². The number of thiol groups is 1. The highest BCUT2D eigenvalue weighted by Crippen LogP contribution is 2.18. The second-order valence-electron chi connectivity index (χ2n) is 7.08. The first kappa shape index (κ1) is 27.2. The minimum atomic E-state index is -1.15. The van der Waals surface area contributed by atoms with Crippen LogP contribution in [0.15, 0.2) is 18.2 Å². The molecule has 174 valence electrons. The number of halogens is 2. The molecular formula is C20H29F2N3O4S2. The summed E-state index contributed by atoms with van der Waals surface area (Å²) in [6.07, 6.45) is 2.77. The largest absolute Gasteiger partial charge is 0.480 e. The number of aliphatic carboxylic acids is 1. The molecule has 0 radical (unpaired) electrons. The summed E-state index contributed by atoms with van der Waals surface area (Å²) in [6.45, 7) is 0.246. The molecular weight excluding hydrogens is 448 g/mol. The first-order valence-corrected chi connectivity index (χ1v) is 11.8. The average Bonchev–Trinajstić information content (AvgIpc) is 2.71. The summed E-state index contributed by atoms with van der Waals surface area (Å²) in [6, 6.07) is 1.21. The third kappa shape index (κ3) is 10.3. The van der Waals surface area contributed by atoms with Crippen molar-refractivity contribution in [2.24, 2.45) is 11.7 Å². The van der Waals surface area contributed by atoms with Gasteiger partial charge in [-0.3, -0.25) is 9.59 Å². The molecule has 0 saturated carbocycles. The maximum absolute atomic E-state index is 13.6. The van der Waals surface area contributed by atoms with Crippen LogP contribution < -0.4 is 16.4 Å². The predicted octanol–water partition coefficient (Wildman–Crippen LogP) is 1.60. The van der Waals surface area contributed by atoms with Crippen molar-refractivity contribution in [2.45, 2.75) is 37.8 Å². The Labute approximate surface area is 190 Å². The summed E-state index contributed by atoms with van der Waals surface area (Å²) >= 11 is 5.41. The molecule has 0 aliphatic carbocycles. The van der Waals surface area contributed by atoms with Crippen LogP contribution in [0.1, 0.15) is 24.8 Å². The molecule has 0 saturated heterocycles. The molecule has 1 aromatic carbocycles. The molecule has 0 heterocycles. The SMILES string of the molecule is CSCC[C@H](NC(=O)[C@@H](CCCNC(=O)[C@@H](N)CS)Cc1cc(F)cc(F)c1)C(=O)O. The molecule has 0 aliphatic heterocycles. The zero-order valence-corrected chi connectivity index (χ0v) is 19.0. The quantitative estimate of drug-likeness (QED) is 0.205. The molecule has 11 heteroatoms. The number of carboxylic acids is 1. The first-order chi connectivity index (χ1) is 14.7. The van der Waals surface area contributed by atoms with Crippen LogP contribution in [-0.4, -0.2) is 59.3 Å². The van der Waals surface area contributed by atoms with Crippen molar-refractivity contribution in [3.05, 3.63) is 35.4 Å². The maximum atomic E-state index is 13.6. The van der Waals surface area contributed by atoms with Gasteiger partial charge in [-0.1, -0.05) is 0 Å². The van der Waals surface area contributed by atoms with E-state index in [4.69, 9.17) is 5.73 Å². The summed E-state index contributed by atoms with van der Waals surface area (Å²) in [5, 5.41) is 14.5. The van der Waals surface area contributed by atoms with E-state index in [-0.39, 0.29) is 43.0 Å². The van der Waals surface area contributed by atoms with Crippen LogP contribution >= 0.6 is 24.4 Å². The van der Waals surface area contributed by atoms with E-state index in [9.17, 15) is 28.3 Å². The van der Waals surface area contributed by atoms with Gasteiger partial charge in [0.05, 0.1) is 6.04 Å². The molecule has 0 aromatic heterocycles. The monoisotopic (exact) mass is 477 g/mol. The van der Waals surface area contributed by atoms with E-state index in [0.29, 0.717) is 12.2 Å². The van der Waals surface area contributed by atoms with Crippen LogP contribution in [0, 0.1) is 17.6 Å². The number of carboxylic acid groups (broad SMARTS) is 1. The Kier molecular flexibility index (Phi) is 12.5. The number of nitrogens with one attached hydrogen (secondary N) is 2. The van der Waals surface area contributed by atoms with Gasteiger partial charge in [0.1, 0.15) is 17.7 Å². The topological polar surface area (TPSA) is 122 Å². The van der Waals surface area contributed by atoms with E-state index in [1.54, 1.807) is 0 Å². The summed E-state index contributed by atoms with van der Waals surface area (Å²) in [7, 11) is 0. The van der Waals surface area contributed by atoms with Crippen LogP contribution in [-0.2, 0) is 20.8 Å². The molecule has 0 aliphatic rings. The van der Waals surface area contributed by atoms with Gasteiger partial charge in [0.25, 0.3) is 0 Å². The molecule has 0 spiro atoms. The van der Waals surface area contributed by atoms with Gasteiger partial charge in [-0.2, -0.15) is 24.4 Å². The van der Waals surface area contributed by atoms with Gasteiger partial charge < -0.3 is 21.5 Å². The predicted molar refractivity (Wildman–Crippen MR) is 120 cm³/mol. The lowest BCUT2D eigenvalue weighted by molar-refractivity contribution is -0.142. The lowest BCUT2D eigenvalue weighted by atomic mass is 9.93. The number of nitrogens with two attached hydrogens (primary N) is 1. The van der Waals surface area contributed by atoms with Gasteiger partial charge in [0.15, 0.2) is 0 Å². The van der Waals surface area contributed by atoms with E-state index >= 15 is 0 Å². The highest BCUT2D eigenvalue weighted by Gasteiger charge is 2.25. The number of hydrogen-bond donors (Lipinski definition) is 5. The molecule has 0 fully saturated rings. The molecule has 2 amide bonds. The van der Waals surface area contributed by atoms with Crippen molar-refractivity contribution < 1.29 is 28.3 Å². The molecule has 7 nitrogen and oxygen atoms in total. The van der Waals surface area contributed by atoms with Crippen LogP contribution in [0.2, 0.25) is 0 Å². The lowest BCUT2D eigenvalue weighted by Crippen LogP contribution is -2.45. The highest BCUT2D eigenvalue weighted by molar-refractivity contribution is 7.98. The fraction of sp³-hybridized carbons (Fsp3) is 0.550. The van der Waals surface area contributed by atoms with Crippen LogP contribution in [0.25, 0.3) is 0 Å². The minimum absolute atomic E-state index is 0.0273. The number of thioether (sulfide) groups is 1. The number of hydrogen-bond acceptors (Lipinski definition) is 6. The van der Waals surface area contributed by atoms with Crippen LogP contribution in [0.5, 0.6) is 0 Å². The smallest absolute Gasteiger partial charge is 0.326 e. The Morgan fingerprint density at radius 2 is 1.81 bits per heavy atom. The number of rotatable bonds is 14. The van der Waals surface area contributed by atoms with E-state index < -0.39 is 41.5 Å². The van der Waals surface area contributed by atoms with Crippen LogP contribution in [0.3, 0.4) is 0 Å². The fourth-order valence-corrected chi connectivity index (χ4v) is 3.53. The van der Waals surface area contributed by atoms with E-state index in [1.807, 2.05) is 6.26 Å². The van der Waals surface area contributed by atoms with Crippen molar-refractivity contribution in [3.8, 4) is 0 Å². The van der Waals surface area contributed by atoms with Crippen molar-refractivity contribution in [2.75, 3.05) is 24.3 Å². The highest BCUT2D eigenvalue weighted by atomic mass is 32.2. The minimum Gasteiger partial charge on any atom is -0.480 e. The standard InChI is InChI=1S/C20H29F2N3O4S2/c1-31-6-4-17(20(28)29)25-18(26)13(3-2-5-24-19(27)16(23)11-30)7-12-8-14(21)10-15(22)9-12/h8-10,13,16-17,30H,2-7,11,23H2,1H3,(H,24,27)(H,25,26)(H,28,29)/t13-,16-,17-/m0/s1. The normalized spacial score (nSPS) is 13.8. The Hall–Kier alpha value is -1.85. The average molecular weight is 478 g/mol. The van der Waals surface area contributed by atoms with Gasteiger partial charge in [-0.05, 0) is 55.4 Å². The molecule has 5 N–H and O–H groups in total. The number of carbonyl (C=O) groups excluding carboxylic acids is 2. The van der Waals surface area contributed by atoms with E-state index in [1.165, 1.54) is 11.8 Å². The van der Waals surface area contributed by atoms with Crippen molar-refractivity contribution in [1.82, 2.24) is 10.6 Å². The van der Waals surface area contributed by atoms with E-state index in [0.717, 1.165) is 18.2 Å². The van der Waals surface area contributed by atoms with Gasteiger partial charge in [0, 0.05) is 24.3 Å². The Balaban J connectivity index is 2.84. The molecule has 0 unspecified atom stereocenters. The van der Waals surface area contributed by atoms with Gasteiger partial charge in [0.2, 0.25) is 11.8 Å². The Bertz CT molecular complexity index is 735. The summed E-state index contributed by atoms with van der Waals surface area (Å²) in [5.74, 6) is -3.54. The van der Waals surface area contributed by atoms with Crippen molar-refractivity contribution in [1.29, 1.82) is 0 Å². The van der Waals surface area contributed by atoms with Gasteiger partial charge in [-0.25, -0.2) is 13.6 Å². The van der Waals surface area contributed by atoms with Crippen molar-refractivity contribution in [3.63, 3.8) is 0 Å². The van der Waals surface area contributed by atoms with Crippen LogP contribution in [0.4, 0.5) is 8.78 Å². The fourth-order valence-electron chi connectivity index (χ4n) is 2.90. The molecule has 1 rings (SSSR count). The zero-order chi connectivity index (χ0) is 23.4. The van der Waals surface area contributed by atoms with Gasteiger partial charge in [-0.15, -0.1) is 0 Å². The Morgan fingerprint density at radius 1 is 1.16 bits per heavy atom. The molecule has 31 heavy (non-hydrogen) atoms. The first-order valence-electron chi connectivity index (χ1n) is 9.79. The van der Waals surface area contributed by atoms with Gasteiger partial charge >= 0.3 is 5.97 Å². The van der Waals surface area contributed by atoms with E-state index in [2.05, 4.69) is 23.3 Å². The summed E-state index contributed by atoms with van der Waals surface area (Å²) in [5.41, 5.74) is 5.87.